The SMILES string of the molecule is C[Si](C)(C)c1c[c-]c(-c2ccc(C3CCCC3)cn2)c2oc3ccccc3c12.[Ir].[c-]1ccccc1-c1ccccn1. The number of hydrogen-bond acceptors (Lipinski definition) is 3. The van der Waals surface area contributed by atoms with Crippen molar-refractivity contribution in [2.24, 2.45) is 0 Å². The molecule has 209 valence electrons. The van der Waals surface area contributed by atoms with Crippen molar-refractivity contribution in [3.63, 3.8) is 0 Å². The van der Waals surface area contributed by atoms with Gasteiger partial charge in [0.15, 0.2) is 0 Å². The Hall–Kier alpha value is -3.37. The molecule has 1 aliphatic rings. The summed E-state index contributed by atoms with van der Waals surface area (Å²) in [5, 5.41) is 3.86. The Labute approximate surface area is 257 Å². The van der Waals surface area contributed by atoms with Crippen LogP contribution in [0.1, 0.15) is 37.2 Å². The second-order valence-corrected chi connectivity index (χ2v) is 16.6. The summed E-state index contributed by atoms with van der Waals surface area (Å²) in [6.45, 7) is 7.14. The minimum atomic E-state index is -1.54. The van der Waals surface area contributed by atoms with E-state index in [-0.39, 0.29) is 20.1 Å². The Morgan fingerprint density at radius 1 is 0.805 bits per heavy atom. The second-order valence-electron chi connectivity index (χ2n) is 11.6. The molecule has 3 aromatic carbocycles. The number of fused-ring (bicyclic) bond motifs is 3. The van der Waals surface area contributed by atoms with Crippen LogP contribution < -0.4 is 5.19 Å². The van der Waals surface area contributed by atoms with Crippen molar-refractivity contribution in [2.75, 3.05) is 0 Å². The molecule has 1 fully saturated rings. The van der Waals surface area contributed by atoms with E-state index >= 15 is 0 Å². The Kier molecular flexibility index (Phi) is 8.99. The van der Waals surface area contributed by atoms with Gasteiger partial charge in [0.2, 0.25) is 0 Å². The number of hydrogen-bond donors (Lipinski definition) is 0. The van der Waals surface area contributed by atoms with Crippen molar-refractivity contribution in [2.45, 2.75) is 51.2 Å². The first-order chi connectivity index (χ1) is 19.5. The zero-order chi connectivity index (χ0) is 27.5. The first-order valence-corrected chi connectivity index (χ1v) is 17.7. The Morgan fingerprint density at radius 2 is 1.59 bits per heavy atom. The molecule has 0 bridgehead atoms. The molecule has 0 N–H and O–H groups in total. The topological polar surface area (TPSA) is 38.9 Å². The van der Waals surface area contributed by atoms with Gasteiger partial charge in [-0.25, -0.2) is 0 Å². The number of pyridine rings is 2. The third-order valence-electron chi connectivity index (χ3n) is 7.78. The largest absolute Gasteiger partial charge is 0.501 e. The van der Waals surface area contributed by atoms with Crippen LogP contribution in [0.2, 0.25) is 19.6 Å². The fourth-order valence-electron chi connectivity index (χ4n) is 5.68. The van der Waals surface area contributed by atoms with Crippen LogP contribution in [-0.4, -0.2) is 18.0 Å². The molecule has 3 aromatic heterocycles. The van der Waals surface area contributed by atoms with Gasteiger partial charge in [-0.3, -0.25) is 0 Å². The van der Waals surface area contributed by atoms with Crippen LogP contribution in [0.4, 0.5) is 0 Å². The van der Waals surface area contributed by atoms with E-state index in [1.165, 1.54) is 47.2 Å². The molecule has 6 aromatic rings. The summed E-state index contributed by atoms with van der Waals surface area (Å²) in [4.78, 5) is 9.04. The molecule has 0 unspecified atom stereocenters. The molecule has 0 spiro atoms. The van der Waals surface area contributed by atoms with Crippen LogP contribution in [0, 0.1) is 12.1 Å². The van der Waals surface area contributed by atoms with Crippen molar-refractivity contribution in [3.8, 4) is 22.5 Å². The molecule has 0 amide bonds. The molecule has 41 heavy (non-hydrogen) atoms. The number of furan rings is 1. The zero-order valence-corrected chi connectivity index (χ0v) is 27.2. The summed E-state index contributed by atoms with van der Waals surface area (Å²) in [6, 6.07) is 35.3. The average Bonchev–Trinajstić information content (AvgIpc) is 3.67. The fraction of sp³-hybridized carbons (Fsp3) is 0.222. The maximum atomic E-state index is 6.35. The summed E-state index contributed by atoms with van der Waals surface area (Å²) in [7, 11) is -1.54. The van der Waals surface area contributed by atoms with Gasteiger partial charge in [0.1, 0.15) is 5.58 Å². The maximum absolute atomic E-state index is 6.35. The molecular formula is C36H34IrN2OSi-2. The quantitative estimate of drug-likeness (QED) is 0.134. The molecule has 1 aliphatic carbocycles. The molecule has 7 rings (SSSR count). The van der Waals surface area contributed by atoms with Crippen LogP contribution in [0.15, 0.2) is 102 Å². The first-order valence-electron chi connectivity index (χ1n) is 14.2. The Bertz CT molecular complexity index is 1680. The predicted molar refractivity (Wildman–Crippen MR) is 168 cm³/mol. The third kappa shape index (κ3) is 6.28. The van der Waals surface area contributed by atoms with Crippen molar-refractivity contribution in [1.29, 1.82) is 0 Å². The maximum Gasteiger partial charge on any atom is 0.120 e. The van der Waals surface area contributed by atoms with E-state index in [4.69, 9.17) is 9.40 Å². The van der Waals surface area contributed by atoms with E-state index in [1.807, 2.05) is 48.5 Å². The van der Waals surface area contributed by atoms with Crippen LogP contribution in [0.5, 0.6) is 0 Å². The van der Waals surface area contributed by atoms with Gasteiger partial charge in [-0.2, -0.15) is 0 Å². The standard InChI is InChI=1S/C25H26NOSi.C11H8N.Ir/c1-28(2,3)23-15-13-19(25-24(23)20-10-6-7-11-22(20)27-25)21-14-12-18(16-26-21)17-8-4-5-9-17;1-2-6-10(7-3-1)11-8-4-5-9-12-11;/h6-7,10-12,14-17H,4-5,8-9H2,1-3H3;1-6,8-9H;/q2*-1;. The van der Waals surface area contributed by atoms with Crippen LogP contribution in [-0.2, 0) is 20.1 Å². The summed E-state index contributed by atoms with van der Waals surface area (Å²) in [5.41, 5.74) is 7.19. The number of nitrogens with zero attached hydrogens (tertiary/aromatic N) is 2. The zero-order valence-electron chi connectivity index (χ0n) is 23.8. The number of aromatic nitrogens is 2. The van der Waals surface area contributed by atoms with Crippen LogP contribution in [0.25, 0.3) is 44.5 Å². The summed E-state index contributed by atoms with van der Waals surface area (Å²) < 4.78 is 6.35. The van der Waals surface area contributed by atoms with Gasteiger partial charge in [-0.05, 0) is 47.8 Å². The van der Waals surface area contributed by atoms with Gasteiger partial charge < -0.3 is 14.4 Å². The van der Waals surface area contributed by atoms with Crippen molar-refractivity contribution < 1.29 is 24.5 Å². The number of rotatable bonds is 4. The molecule has 5 heteroatoms. The molecule has 0 atom stereocenters. The molecule has 1 saturated carbocycles. The van der Waals surface area contributed by atoms with Crippen molar-refractivity contribution in [1.82, 2.24) is 9.97 Å². The summed E-state index contributed by atoms with van der Waals surface area (Å²) in [6.07, 6.45) is 9.14. The van der Waals surface area contributed by atoms with Crippen LogP contribution in [0.3, 0.4) is 0 Å². The Morgan fingerprint density at radius 3 is 2.27 bits per heavy atom. The van der Waals surface area contributed by atoms with Gasteiger partial charge in [-0.15, -0.1) is 53.2 Å². The third-order valence-corrected chi connectivity index (χ3v) is 9.79. The van der Waals surface area contributed by atoms with E-state index < -0.39 is 8.07 Å². The molecule has 3 heterocycles. The average molecular weight is 731 g/mol. The van der Waals surface area contributed by atoms with Gasteiger partial charge in [0.25, 0.3) is 0 Å². The van der Waals surface area contributed by atoms with E-state index in [0.29, 0.717) is 5.92 Å². The minimum absolute atomic E-state index is 0. The summed E-state index contributed by atoms with van der Waals surface area (Å²) in [5.74, 6) is 0.686. The normalized spacial score (nSPS) is 13.5. The van der Waals surface area contributed by atoms with Gasteiger partial charge in [0, 0.05) is 46.0 Å². The first kappa shape index (κ1) is 29.1. The molecule has 0 aliphatic heterocycles. The molecule has 3 nitrogen and oxygen atoms in total. The number of benzene rings is 3. The summed E-state index contributed by atoms with van der Waals surface area (Å²) >= 11 is 0. The van der Waals surface area contributed by atoms with Crippen molar-refractivity contribution >= 4 is 35.2 Å². The monoisotopic (exact) mass is 731 g/mol. The van der Waals surface area contributed by atoms with E-state index in [0.717, 1.165) is 33.7 Å². The van der Waals surface area contributed by atoms with Gasteiger partial charge >= 0.3 is 0 Å². The molecule has 1 radical (unpaired) electrons. The minimum Gasteiger partial charge on any atom is -0.501 e. The predicted octanol–water partition coefficient (Wildman–Crippen LogP) is 9.20. The fourth-order valence-corrected chi connectivity index (χ4v) is 7.18. The van der Waals surface area contributed by atoms with E-state index in [1.54, 1.807) is 6.20 Å². The van der Waals surface area contributed by atoms with Crippen molar-refractivity contribution in [3.05, 3.63) is 115 Å². The van der Waals surface area contributed by atoms with Crippen LogP contribution >= 0.6 is 0 Å². The molecule has 0 saturated heterocycles. The van der Waals surface area contributed by atoms with E-state index in [2.05, 4.69) is 79.4 Å². The smallest absolute Gasteiger partial charge is 0.120 e. The second kappa shape index (κ2) is 12.6. The van der Waals surface area contributed by atoms with Gasteiger partial charge in [0.05, 0.1) is 5.58 Å². The number of para-hydroxylation sites is 1. The molecular weight excluding hydrogens is 697 g/mol. The Balaban J connectivity index is 0.000000218. The van der Waals surface area contributed by atoms with E-state index in [9.17, 15) is 0 Å². The van der Waals surface area contributed by atoms with Gasteiger partial charge in [-0.1, -0.05) is 85.9 Å².